The van der Waals surface area contributed by atoms with Crippen LogP contribution < -0.4 is 5.32 Å². The molecule has 0 fully saturated rings. The monoisotopic (exact) mass is 311 g/mol. The third-order valence-electron chi connectivity index (χ3n) is 2.22. The van der Waals surface area contributed by atoms with E-state index in [1.165, 1.54) is 40.4 Å². The van der Waals surface area contributed by atoms with Gasteiger partial charge in [-0.05, 0) is 25.3 Å². The van der Waals surface area contributed by atoms with Crippen molar-refractivity contribution in [3.63, 3.8) is 0 Å². The summed E-state index contributed by atoms with van der Waals surface area (Å²) in [6, 6.07) is 8.11. The number of anilines is 1. The van der Waals surface area contributed by atoms with Gasteiger partial charge in [0, 0.05) is 4.90 Å². The van der Waals surface area contributed by atoms with Crippen LogP contribution in [0.25, 0.3) is 0 Å². The molecule has 100 valence electrons. The summed E-state index contributed by atoms with van der Waals surface area (Å²) in [6.45, 7) is 2.04. The van der Waals surface area contributed by atoms with Crippen LogP contribution in [-0.4, -0.2) is 28.1 Å². The van der Waals surface area contributed by atoms with Crippen LogP contribution in [0.5, 0.6) is 0 Å². The summed E-state index contributed by atoms with van der Waals surface area (Å²) in [5, 5.41) is 11.1. The van der Waals surface area contributed by atoms with Crippen LogP contribution >= 0.6 is 34.9 Å². The Hall–Kier alpha value is -1.05. The largest absolute Gasteiger partial charge is 0.300 e. The lowest BCUT2D eigenvalue weighted by Gasteiger charge is -2.02. The average Bonchev–Trinajstić information content (AvgIpc) is 2.86. The van der Waals surface area contributed by atoms with E-state index in [0.717, 1.165) is 9.24 Å². The number of hydrogen-bond acceptors (Lipinski definition) is 6. The third-order valence-corrected chi connectivity index (χ3v) is 5.04. The number of nitrogens with zero attached hydrogens (tertiary/aromatic N) is 2. The molecule has 2 rings (SSSR count). The van der Waals surface area contributed by atoms with Crippen molar-refractivity contribution in [2.45, 2.75) is 16.2 Å². The van der Waals surface area contributed by atoms with Crippen molar-refractivity contribution in [3.8, 4) is 0 Å². The molecule has 0 atom stereocenters. The molecule has 7 heteroatoms. The molecule has 1 amide bonds. The number of carbonyl (C=O) groups excluding carboxylic acids is 1. The number of nitrogens with one attached hydrogen (secondary N) is 1. The Kier molecular flexibility index (Phi) is 5.24. The highest BCUT2D eigenvalue weighted by molar-refractivity contribution is 8.00. The molecule has 4 nitrogen and oxygen atoms in total. The molecule has 0 aliphatic heterocycles. The van der Waals surface area contributed by atoms with Crippen LogP contribution in [0.2, 0.25) is 0 Å². The molecule has 0 bridgehead atoms. The Labute approximate surface area is 124 Å². The second-order valence-corrected chi connectivity index (χ2v) is 6.81. The lowest BCUT2D eigenvalue weighted by atomic mass is 10.2. The van der Waals surface area contributed by atoms with Crippen molar-refractivity contribution in [3.05, 3.63) is 29.8 Å². The minimum absolute atomic E-state index is 0.0608. The molecule has 0 aliphatic carbocycles. The summed E-state index contributed by atoms with van der Waals surface area (Å²) in [5.74, 6) is 0.312. The Morgan fingerprint density at radius 1 is 1.32 bits per heavy atom. The molecule has 0 saturated carbocycles. The third kappa shape index (κ3) is 4.52. The van der Waals surface area contributed by atoms with Gasteiger partial charge in [-0.1, -0.05) is 40.8 Å². The molecule has 2 aromatic rings. The number of amides is 1. The highest BCUT2D eigenvalue weighted by atomic mass is 32.2. The molecule has 1 aromatic carbocycles. The first kappa shape index (κ1) is 14.4. The zero-order chi connectivity index (χ0) is 13.7. The quantitative estimate of drug-likeness (QED) is 0.678. The molecule has 1 aromatic heterocycles. The van der Waals surface area contributed by atoms with Gasteiger partial charge in [0.25, 0.3) is 0 Å². The summed E-state index contributed by atoms with van der Waals surface area (Å²) >= 11 is 4.41. The standard InChI is InChI=1S/C12H13N3OS3/c1-8-3-5-9(6-4-8)18-7-10(16)13-11-14-15-12(17-2)19-11/h3-6H,7H2,1-2H3,(H,13,14,16). The van der Waals surface area contributed by atoms with E-state index in [1.807, 2.05) is 37.4 Å². The molecule has 1 N–H and O–H groups in total. The van der Waals surface area contributed by atoms with E-state index in [9.17, 15) is 4.79 Å². The van der Waals surface area contributed by atoms with Gasteiger partial charge in [-0.25, -0.2) is 0 Å². The summed E-state index contributed by atoms with van der Waals surface area (Å²) in [6.07, 6.45) is 1.93. The topological polar surface area (TPSA) is 54.9 Å². The number of aromatic nitrogens is 2. The van der Waals surface area contributed by atoms with E-state index in [0.29, 0.717) is 10.9 Å². The summed E-state index contributed by atoms with van der Waals surface area (Å²) in [4.78, 5) is 12.8. The Bertz CT molecular complexity index is 554. The Morgan fingerprint density at radius 3 is 2.68 bits per heavy atom. The number of thioether (sulfide) groups is 2. The van der Waals surface area contributed by atoms with Gasteiger partial charge in [-0.2, -0.15) is 0 Å². The van der Waals surface area contributed by atoms with Crippen LogP contribution in [0.1, 0.15) is 5.56 Å². The van der Waals surface area contributed by atoms with E-state index < -0.39 is 0 Å². The van der Waals surface area contributed by atoms with Crippen LogP contribution in [0.4, 0.5) is 5.13 Å². The molecule has 0 spiro atoms. The highest BCUT2D eigenvalue weighted by Crippen LogP contribution is 2.24. The SMILES string of the molecule is CSc1nnc(NC(=O)CSc2ccc(C)cc2)s1. The van der Waals surface area contributed by atoms with Gasteiger partial charge in [0.2, 0.25) is 11.0 Å². The molecule has 0 unspecified atom stereocenters. The van der Waals surface area contributed by atoms with Crippen molar-refractivity contribution in [1.82, 2.24) is 10.2 Å². The van der Waals surface area contributed by atoms with Crippen LogP contribution in [0.3, 0.4) is 0 Å². The lowest BCUT2D eigenvalue weighted by Crippen LogP contribution is -2.13. The highest BCUT2D eigenvalue weighted by Gasteiger charge is 2.08. The maximum atomic E-state index is 11.8. The first-order valence-corrected chi connectivity index (χ1v) is 8.57. The fraction of sp³-hybridized carbons (Fsp3) is 0.250. The van der Waals surface area contributed by atoms with Gasteiger partial charge in [0.05, 0.1) is 5.75 Å². The van der Waals surface area contributed by atoms with Crippen molar-refractivity contribution in [2.75, 3.05) is 17.3 Å². The number of benzene rings is 1. The van der Waals surface area contributed by atoms with Gasteiger partial charge < -0.3 is 0 Å². The second-order valence-electron chi connectivity index (χ2n) is 3.73. The molecule has 19 heavy (non-hydrogen) atoms. The Balaban J connectivity index is 1.82. The van der Waals surface area contributed by atoms with Gasteiger partial charge in [-0.3, -0.25) is 10.1 Å². The van der Waals surface area contributed by atoms with Gasteiger partial charge >= 0.3 is 0 Å². The number of aryl methyl sites for hydroxylation is 1. The van der Waals surface area contributed by atoms with Gasteiger partial charge in [0.1, 0.15) is 0 Å². The van der Waals surface area contributed by atoms with Crippen molar-refractivity contribution in [1.29, 1.82) is 0 Å². The summed E-state index contributed by atoms with van der Waals surface area (Å²) in [5.41, 5.74) is 1.22. The predicted octanol–water partition coefficient (Wildman–Crippen LogP) is 3.30. The van der Waals surface area contributed by atoms with Crippen LogP contribution in [0.15, 0.2) is 33.5 Å². The summed E-state index contributed by atoms with van der Waals surface area (Å²) in [7, 11) is 0. The van der Waals surface area contributed by atoms with E-state index in [4.69, 9.17) is 0 Å². The molecule has 0 aliphatic rings. The van der Waals surface area contributed by atoms with Crippen molar-refractivity contribution >= 4 is 45.9 Å². The number of rotatable bonds is 5. The fourth-order valence-corrected chi connectivity index (χ4v) is 3.17. The first-order chi connectivity index (χ1) is 9.17. The smallest absolute Gasteiger partial charge is 0.236 e. The number of carbonyl (C=O) groups is 1. The van der Waals surface area contributed by atoms with E-state index in [2.05, 4.69) is 15.5 Å². The molecule has 1 heterocycles. The van der Waals surface area contributed by atoms with Crippen LogP contribution in [-0.2, 0) is 4.79 Å². The van der Waals surface area contributed by atoms with E-state index in [1.54, 1.807) is 0 Å². The molecular weight excluding hydrogens is 298 g/mol. The maximum Gasteiger partial charge on any atom is 0.236 e. The van der Waals surface area contributed by atoms with Crippen molar-refractivity contribution < 1.29 is 4.79 Å². The minimum Gasteiger partial charge on any atom is -0.300 e. The number of hydrogen-bond donors (Lipinski definition) is 1. The fourth-order valence-electron chi connectivity index (χ4n) is 1.28. The van der Waals surface area contributed by atoms with E-state index >= 15 is 0 Å². The van der Waals surface area contributed by atoms with E-state index in [-0.39, 0.29) is 5.91 Å². The molecular formula is C12H13N3OS3. The normalized spacial score (nSPS) is 10.4. The van der Waals surface area contributed by atoms with Gasteiger partial charge in [0.15, 0.2) is 4.34 Å². The maximum absolute atomic E-state index is 11.8. The first-order valence-electron chi connectivity index (χ1n) is 5.54. The lowest BCUT2D eigenvalue weighted by molar-refractivity contribution is -0.113. The van der Waals surface area contributed by atoms with Crippen molar-refractivity contribution in [2.24, 2.45) is 0 Å². The molecule has 0 radical (unpaired) electrons. The van der Waals surface area contributed by atoms with Crippen LogP contribution in [0, 0.1) is 6.92 Å². The molecule has 0 saturated heterocycles. The second kappa shape index (κ2) is 6.93. The average molecular weight is 311 g/mol. The zero-order valence-corrected chi connectivity index (χ0v) is 13.0. The minimum atomic E-state index is -0.0608. The summed E-state index contributed by atoms with van der Waals surface area (Å²) < 4.78 is 0.849. The zero-order valence-electron chi connectivity index (χ0n) is 10.5. The predicted molar refractivity (Wildman–Crippen MR) is 82.2 cm³/mol. The Morgan fingerprint density at radius 2 is 2.05 bits per heavy atom. The van der Waals surface area contributed by atoms with Gasteiger partial charge in [-0.15, -0.1) is 22.0 Å².